The Labute approximate surface area is 240 Å². The number of sulfonamides is 1. The van der Waals surface area contributed by atoms with E-state index in [1.807, 2.05) is 49.4 Å². The van der Waals surface area contributed by atoms with E-state index < -0.39 is 16.1 Å². The van der Waals surface area contributed by atoms with Gasteiger partial charge in [0.25, 0.3) is 0 Å². The van der Waals surface area contributed by atoms with Crippen molar-refractivity contribution in [2.45, 2.75) is 38.8 Å². The highest BCUT2D eigenvalue weighted by molar-refractivity contribution is 7.92. The molecule has 2 amide bonds. The van der Waals surface area contributed by atoms with Gasteiger partial charge in [-0.1, -0.05) is 77.3 Å². The molecule has 1 N–H and O–H groups in total. The Bertz CT molecular complexity index is 1380. The predicted molar refractivity (Wildman–Crippen MR) is 158 cm³/mol. The fraction of sp³-hybridized carbons (Fsp3) is 0.310. The Balaban J connectivity index is 1.86. The average Bonchev–Trinajstić information content (AvgIpc) is 2.89. The van der Waals surface area contributed by atoms with Crippen molar-refractivity contribution in [1.29, 1.82) is 0 Å². The molecule has 0 aromatic heterocycles. The molecule has 3 aromatic rings. The van der Waals surface area contributed by atoms with Crippen molar-refractivity contribution in [1.82, 2.24) is 10.2 Å². The molecule has 7 nitrogen and oxygen atoms in total. The lowest BCUT2D eigenvalue weighted by Gasteiger charge is -2.32. The summed E-state index contributed by atoms with van der Waals surface area (Å²) in [7, 11) is -2.04. The van der Waals surface area contributed by atoms with E-state index in [-0.39, 0.29) is 37.7 Å². The summed E-state index contributed by atoms with van der Waals surface area (Å²) in [5, 5.41) is 3.53. The molecule has 10 heteroatoms. The van der Waals surface area contributed by atoms with E-state index in [1.165, 1.54) is 16.3 Å². The number of amides is 2. The summed E-state index contributed by atoms with van der Waals surface area (Å²) in [6, 6.07) is 20.8. The lowest BCUT2D eigenvalue weighted by atomic mass is 10.0. The molecular formula is C29H33Cl2N3O4S. The zero-order valence-electron chi connectivity index (χ0n) is 22.2. The van der Waals surface area contributed by atoms with Crippen LogP contribution in [0, 0.1) is 6.92 Å². The summed E-state index contributed by atoms with van der Waals surface area (Å²) in [6.07, 6.45) is 1.74. The van der Waals surface area contributed by atoms with Crippen LogP contribution in [0.2, 0.25) is 10.0 Å². The SMILES string of the molecule is CNC(=O)[C@H](Cc1ccccc1)N(Cc1ccc(Cl)cc1Cl)C(=O)CCCN(c1ccc(C)cc1)S(C)(=O)=O. The van der Waals surface area contributed by atoms with Gasteiger partial charge >= 0.3 is 0 Å². The number of hydrogen-bond donors (Lipinski definition) is 1. The maximum absolute atomic E-state index is 13.7. The summed E-state index contributed by atoms with van der Waals surface area (Å²) < 4.78 is 26.3. The van der Waals surface area contributed by atoms with E-state index in [9.17, 15) is 18.0 Å². The van der Waals surface area contributed by atoms with Crippen LogP contribution in [0.15, 0.2) is 72.8 Å². The van der Waals surface area contributed by atoms with Crippen LogP contribution in [0.5, 0.6) is 0 Å². The molecule has 0 aliphatic heterocycles. The first kappa shape index (κ1) is 30.5. The zero-order chi connectivity index (χ0) is 28.6. The second kappa shape index (κ2) is 13.8. The quantitative estimate of drug-likeness (QED) is 0.313. The third kappa shape index (κ3) is 8.71. The van der Waals surface area contributed by atoms with Gasteiger partial charge in [-0.05, 0) is 48.7 Å². The van der Waals surface area contributed by atoms with Crippen molar-refractivity contribution < 1.29 is 18.0 Å². The minimum absolute atomic E-state index is 0.0331. The molecule has 0 heterocycles. The molecule has 0 aliphatic rings. The number of aryl methyl sites for hydroxylation is 1. The number of nitrogens with one attached hydrogen (secondary N) is 1. The van der Waals surface area contributed by atoms with Gasteiger partial charge in [0.1, 0.15) is 6.04 Å². The standard InChI is InChI=1S/C29H33Cl2N3O4S/c1-21-11-15-25(16-12-21)34(39(3,37)38)17-7-10-28(35)33(20-23-13-14-24(30)19-26(23)31)27(29(36)32-2)18-22-8-5-4-6-9-22/h4-6,8-9,11-16,19,27H,7,10,17-18,20H2,1-3H3,(H,32,36)/t27-/m0/s1. The third-order valence-electron chi connectivity index (χ3n) is 6.35. The first-order valence-corrected chi connectivity index (χ1v) is 15.1. The van der Waals surface area contributed by atoms with E-state index >= 15 is 0 Å². The van der Waals surface area contributed by atoms with Crippen molar-refractivity contribution in [3.63, 3.8) is 0 Å². The Morgan fingerprint density at radius 3 is 2.23 bits per heavy atom. The molecule has 0 unspecified atom stereocenters. The Hall–Kier alpha value is -3.07. The zero-order valence-corrected chi connectivity index (χ0v) is 24.6. The van der Waals surface area contributed by atoms with Crippen molar-refractivity contribution in [3.8, 4) is 0 Å². The fourth-order valence-electron chi connectivity index (χ4n) is 4.27. The molecule has 0 fully saturated rings. The molecule has 0 bridgehead atoms. The van der Waals surface area contributed by atoms with Gasteiger partial charge in [-0.15, -0.1) is 0 Å². The number of hydrogen-bond acceptors (Lipinski definition) is 4. The van der Waals surface area contributed by atoms with E-state index in [2.05, 4.69) is 5.32 Å². The lowest BCUT2D eigenvalue weighted by molar-refractivity contribution is -0.141. The molecule has 0 spiro atoms. The topological polar surface area (TPSA) is 86.8 Å². The van der Waals surface area contributed by atoms with Crippen LogP contribution >= 0.6 is 23.2 Å². The Morgan fingerprint density at radius 2 is 1.64 bits per heavy atom. The number of nitrogens with zero attached hydrogens (tertiary/aromatic N) is 2. The number of halogens is 2. The van der Waals surface area contributed by atoms with E-state index in [0.717, 1.165) is 17.4 Å². The number of rotatable bonds is 12. The number of carbonyl (C=O) groups is 2. The van der Waals surface area contributed by atoms with Gasteiger partial charge in [0.2, 0.25) is 21.8 Å². The molecule has 0 saturated carbocycles. The highest BCUT2D eigenvalue weighted by Gasteiger charge is 2.30. The minimum Gasteiger partial charge on any atom is -0.357 e. The summed E-state index contributed by atoms with van der Waals surface area (Å²) in [4.78, 5) is 28.3. The number of benzene rings is 3. The minimum atomic E-state index is -3.57. The summed E-state index contributed by atoms with van der Waals surface area (Å²) in [5.74, 6) is -0.599. The van der Waals surface area contributed by atoms with Crippen molar-refractivity contribution >= 4 is 50.7 Å². The Morgan fingerprint density at radius 1 is 0.974 bits per heavy atom. The van der Waals surface area contributed by atoms with Crippen molar-refractivity contribution in [3.05, 3.63) is 99.5 Å². The molecule has 0 saturated heterocycles. The van der Waals surface area contributed by atoms with Gasteiger partial charge in [-0.2, -0.15) is 0 Å². The largest absolute Gasteiger partial charge is 0.357 e. The normalized spacial score (nSPS) is 12.0. The van der Waals surface area contributed by atoms with Crippen molar-refractivity contribution in [2.75, 3.05) is 24.2 Å². The molecule has 0 radical (unpaired) electrons. The highest BCUT2D eigenvalue weighted by Crippen LogP contribution is 2.25. The van der Waals surface area contributed by atoms with E-state index in [1.54, 1.807) is 30.3 Å². The van der Waals surface area contributed by atoms with Crippen LogP contribution in [0.25, 0.3) is 0 Å². The summed E-state index contributed by atoms with van der Waals surface area (Å²) in [5.41, 5.74) is 3.09. The molecule has 39 heavy (non-hydrogen) atoms. The van der Waals surface area contributed by atoms with Crippen LogP contribution in [-0.2, 0) is 32.6 Å². The van der Waals surface area contributed by atoms with Gasteiger partial charge < -0.3 is 10.2 Å². The van der Waals surface area contributed by atoms with Gasteiger partial charge in [-0.25, -0.2) is 8.42 Å². The van der Waals surface area contributed by atoms with Crippen LogP contribution < -0.4 is 9.62 Å². The van der Waals surface area contributed by atoms with Crippen LogP contribution in [-0.4, -0.2) is 51.0 Å². The van der Waals surface area contributed by atoms with E-state index in [4.69, 9.17) is 23.2 Å². The summed E-state index contributed by atoms with van der Waals surface area (Å²) >= 11 is 12.5. The first-order chi connectivity index (χ1) is 18.5. The second-order valence-corrected chi connectivity index (χ2v) is 12.1. The fourth-order valence-corrected chi connectivity index (χ4v) is 5.70. The van der Waals surface area contributed by atoms with Crippen LogP contribution in [0.1, 0.15) is 29.5 Å². The van der Waals surface area contributed by atoms with Crippen molar-refractivity contribution in [2.24, 2.45) is 0 Å². The average molecular weight is 591 g/mol. The smallest absolute Gasteiger partial charge is 0.242 e. The first-order valence-electron chi connectivity index (χ1n) is 12.5. The predicted octanol–water partition coefficient (Wildman–Crippen LogP) is 5.23. The molecule has 0 aliphatic carbocycles. The molecule has 3 rings (SSSR count). The number of anilines is 1. The molecular weight excluding hydrogens is 557 g/mol. The summed E-state index contributed by atoms with van der Waals surface area (Å²) in [6.45, 7) is 2.13. The maximum atomic E-state index is 13.7. The number of carbonyl (C=O) groups excluding carboxylic acids is 2. The van der Waals surface area contributed by atoms with Crippen LogP contribution in [0.4, 0.5) is 5.69 Å². The lowest BCUT2D eigenvalue weighted by Crippen LogP contribution is -2.49. The van der Waals surface area contributed by atoms with Crippen LogP contribution in [0.3, 0.4) is 0 Å². The van der Waals surface area contributed by atoms with Gasteiger partial charge in [-0.3, -0.25) is 13.9 Å². The number of likely N-dealkylation sites (N-methyl/N-ethyl adjacent to an activating group) is 1. The van der Waals surface area contributed by atoms with Gasteiger partial charge in [0, 0.05) is 43.0 Å². The molecule has 3 aromatic carbocycles. The maximum Gasteiger partial charge on any atom is 0.242 e. The monoisotopic (exact) mass is 589 g/mol. The highest BCUT2D eigenvalue weighted by atomic mass is 35.5. The second-order valence-electron chi connectivity index (χ2n) is 9.35. The van der Waals surface area contributed by atoms with Gasteiger partial charge in [0.15, 0.2) is 0 Å². The Kier molecular flexibility index (Phi) is 10.8. The third-order valence-corrected chi connectivity index (χ3v) is 8.13. The molecule has 1 atom stereocenters. The molecule has 208 valence electrons. The van der Waals surface area contributed by atoms with E-state index in [0.29, 0.717) is 27.7 Å². The van der Waals surface area contributed by atoms with Gasteiger partial charge in [0.05, 0.1) is 11.9 Å².